The quantitative estimate of drug-likeness (QED) is 0.480. The molecule has 1 aromatic carbocycles. The van der Waals surface area contributed by atoms with Crippen LogP contribution in [0.15, 0.2) is 18.2 Å². The lowest BCUT2D eigenvalue weighted by Gasteiger charge is -2.02. The van der Waals surface area contributed by atoms with Crippen LogP contribution >= 0.6 is 23.5 Å². The molecule has 120 valence electrons. The van der Waals surface area contributed by atoms with Gasteiger partial charge in [0.25, 0.3) is 0 Å². The van der Waals surface area contributed by atoms with E-state index in [1.807, 2.05) is 18.2 Å². The molecule has 8 heteroatoms. The van der Waals surface area contributed by atoms with Crippen LogP contribution in [0.2, 0.25) is 0 Å². The molecule has 0 unspecified atom stereocenters. The van der Waals surface area contributed by atoms with Crippen LogP contribution in [0.5, 0.6) is 5.75 Å². The van der Waals surface area contributed by atoms with E-state index in [0.29, 0.717) is 11.6 Å². The fourth-order valence-electron chi connectivity index (χ4n) is 1.99. The first-order valence-electron chi connectivity index (χ1n) is 7.06. The van der Waals surface area contributed by atoms with Crippen LogP contribution in [0.3, 0.4) is 0 Å². The minimum Gasteiger partial charge on any atom is -0.497 e. The lowest BCUT2D eigenvalue weighted by molar-refractivity contribution is -0.116. The number of carbonyl (C=O) groups is 1. The second kappa shape index (κ2) is 8.94. The Kier molecular flexibility index (Phi) is 6.91. The van der Waals surface area contributed by atoms with Crippen molar-refractivity contribution < 1.29 is 9.53 Å². The molecule has 0 spiro atoms. The summed E-state index contributed by atoms with van der Waals surface area (Å²) in [5.74, 6) is 0.797. The van der Waals surface area contributed by atoms with Gasteiger partial charge in [-0.15, -0.1) is 0 Å². The molecule has 0 radical (unpaired) electrons. The van der Waals surface area contributed by atoms with Crippen LogP contribution in [0.4, 0.5) is 5.13 Å². The Balaban J connectivity index is 1.79. The van der Waals surface area contributed by atoms with Crippen LogP contribution in [-0.4, -0.2) is 24.5 Å². The van der Waals surface area contributed by atoms with Crippen molar-refractivity contribution in [3.8, 4) is 5.75 Å². The molecule has 0 atom stereocenters. The minimum absolute atomic E-state index is 0.00665. The number of nitrogens with two attached hydrogens (primary N) is 1. The normalized spacial score (nSPS) is 10.8. The van der Waals surface area contributed by atoms with Gasteiger partial charge in [0.05, 0.1) is 17.3 Å². The summed E-state index contributed by atoms with van der Waals surface area (Å²) in [4.78, 5) is 16.3. The number of nitrogens with one attached hydrogen (secondary N) is 2. The fourth-order valence-corrected chi connectivity index (χ4v) is 3.16. The highest BCUT2D eigenvalue weighted by Gasteiger charge is 2.08. The zero-order valence-electron chi connectivity index (χ0n) is 12.4. The summed E-state index contributed by atoms with van der Waals surface area (Å²) >= 11 is 2.58. The molecule has 1 amide bonds. The van der Waals surface area contributed by atoms with Gasteiger partial charge in [0.15, 0.2) is 5.13 Å². The van der Waals surface area contributed by atoms with Crippen LogP contribution in [-0.2, 0) is 4.79 Å². The lowest BCUT2D eigenvalue weighted by atomic mass is 10.2. The van der Waals surface area contributed by atoms with Crippen LogP contribution < -0.4 is 19.9 Å². The summed E-state index contributed by atoms with van der Waals surface area (Å²) in [6, 6.07) is 5.68. The van der Waals surface area contributed by atoms with E-state index in [4.69, 9.17) is 9.88 Å². The first-order valence-corrected chi connectivity index (χ1v) is 8.75. The van der Waals surface area contributed by atoms with Crippen LogP contribution in [0.25, 0.3) is 10.2 Å². The van der Waals surface area contributed by atoms with Gasteiger partial charge in [-0.2, -0.15) is 0 Å². The van der Waals surface area contributed by atoms with Crippen molar-refractivity contribution in [2.24, 2.45) is 5.14 Å². The lowest BCUT2D eigenvalue weighted by Crippen LogP contribution is -2.11. The largest absolute Gasteiger partial charge is 0.497 e. The van der Waals surface area contributed by atoms with E-state index in [2.05, 4.69) is 15.0 Å². The molecule has 22 heavy (non-hydrogen) atoms. The third-order valence-corrected chi connectivity index (χ3v) is 4.41. The van der Waals surface area contributed by atoms with E-state index in [9.17, 15) is 4.79 Å². The monoisotopic (exact) mass is 340 g/mol. The maximum atomic E-state index is 11.9. The molecular formula is C14H20N4O2S2. The van der Waals surface area contributed by atoms with E-state index >= 15 is 0 Å². The van der Waals surface area contributed by atoms with Gasteiger partial charge in [0.2, 0.25) is 5.91 Å². The summed E-state index contributed by atoms with van der Waals surface area (Å²) < 4.78 is 9.16. The number of fused-ring (bicyclic) bond motifs is 1. The van der Waals surface area contributed by atoms with Crippen molar-refractivity contribution in [1.29, 1.82) is 0 Å². The number of amides is 1. The minimum atomic E-state index is 0.00665. The number of thiazole rings is 1. The number of ether oxygens (including phenoxy) is 1. The van der Waals surface area contributed by atoms with Crippen LogP contribution in [0, 0.1) is 0 Å². The van der Waals surface area contributed by atoms with Gasteiger partial charge in [-0.1, -0.05) is 17.8 Å². The Labute approximate surface area is 138 Å². The third-order valence-electron chi connectivity index (χ3n) is 3.11. The predicted molar refractivity (Wildman–Crippen MR) is 93.1 cm³/mol. The van der Waals surface area contributed by atoms with E-state index in [0.717, 1.165) is 53.9 Å². The molecule has 0 bridgehead atoms. The molecule has 4 N–H and O–H groups in total. The van der Waals surface area contributed by atoms with Gasteiger partial charge in [-0.3, -0.25) is 14.7 Å². The second-order valence-electron chi connectivity index (χ2n) is 4.72. The number of hydrogen-bond acceptors (Lipinski definition) is 7. The summed E-state index contributed by atoms with van der Waals surface area (Å²) in [5, 5.41) is 8.75. The molecule has 2 aromatic rings. The van der Waals surface area contributed by atoms with Crippen molar-refractivity contribution in [3.63, 3.8) is 0 Å². The zero-order valence-corrected chi connectivity index (χ0v) is 14.1. The number of anilines is 1. The number of rotatable bonds is 9. The van der Waals surface area contributed by atoms with E-state index in [1.54, 1.807) is 7.11 Å². The smallest absolute Gasteiger partial charge is 0.226 e. The van der Waals surface area contributed by atoms with Gasteiger partial charge in [-0.25, -0.2) is 4.98 Å². The van der Waals surface area contributed by atoms with Gasteiger partial charge < -0.3 is 10.1 Å². The summed E-state index contributed by atoms with van der Waals surface area (Å²) in [6.45, 7) is 0.864. The number of hydrogen-bond donors (Lipinski definition) is 3. The van der Waals surface area contributed by atoms with Crippen molar-refractivity contribution in [2.45, 2.75) is 25.7 Å². The van der Waals surface area contributed by atoms with Crippen molar-refractivity contribution >= 4 is 44.7 Å². The third kappa shape index (κ3) is 5.13. The topological polar surface area (TPSA) is 89.3 Å². The highest BCUT2D eigenvalue weighted by Crippen LogP contribution is 2.29. The summed E-state index contributed by atoms with van der Waals surface area (Å²) in [5.41, 5.74) is 0.867. The number of carbonyl (C=O) groups excluding carboxylic acids is 1. The van der Waals surface area contributed by atoms with E-state index in [-0.39, 0.29) is 5.91 Å². The predicted octanol–water partition coefficient (Wildman–Crippen LogP) is 2.92. The molecule has 0 aliphatic carbocycles. The molecule has 6 nitrogen and oxygen atoms in total. The van der Waals surface area contributed by atoms with Crippen molar-refractivity contribution in [1.82, 2.24) is 9.71 Å². The highest BCUT2D eigenvalue weighted by molar-refractivity contribution is 7.95. The van der Waals surface area contributed by atoms with Gasteiger partial charge >= 0.3 is 0 Å². The Morgan fingerprint density at radius 2 is 2.27 bits per heavy atom. The maximum absolute atomic E-state index is 11.9. The number of nitrogens with zero attached hydrogens (tertiary/aromatic N) is 1. The van der Waals surface area contributed by atoms with Gasteiger partial charge in [-0.05, 0) is 31.0 Å². The maximum Gasteiger partial charge on any atom is 0.226 e. The highest BCUT2D eigenvalue weighted by atomic mass is 32.2. The number of methoxy groups -OCH3 is 1. The van der Waals surface area contributed by atoms with Crippen LogP contribution in [0.1, 0.15) is 25.7 Å². The fraction of sp³-hybridized carbons (Fsp3) is 0.429. The van der Waals surface area contributed by atoms with E-state index < -0.39 is 0 Å². The average Bonchev–Trinajstić information content (AvgIpc) is 2.91. The summed E-state index contributed by atoms with van der Waals surface area (Å²) in [6.07, 6.45) is 3.38. The van der Waals surface area contributed by atoms with Crippen molar-refractivity contribution in [3.05, 3.63) is 18.2 Å². The number of benzene rings is 1. The molecule has 1 heterocycles. The molecule has 1 aromatic heterocycles. The molecule has 0 aliphatic rings. The standard InChI is InChI=1S/C14H20N4O2S2/c1-20-10-6-7-11-12(9-10)21-14(17-11)18-13(19)5-3-2-4-8-16-22-15/h6-7,9,16H,2-5,8,15H2,1H3,(H,17,18,19). The Morgan fingerprint density at radius 3 is 3.05 bits per heavy atom. The van der Waals surface area contributed by atoms with Gasteiger partial charge in [0, 0.05) is 25.1 Å². The Morgan fingerprint density at radius 1 is 1.41 bits per heavy atom. The number of aromatic nitrogens is 1. The zero-order chi connectivity index (χ0) is 15.8. The average molecular weight is 340 g/mol. The number of unbranched alkanes of at least 4 members (excludes halogenated alkanes) is 2. The Bertz CT molecular complexity index is 618. The summed E-state index contributed by atoms with van der Waals surface area (Å²) in [7, 11) is 1.63. The Hall–Kier alpha value is -1.35. The van der Waals surface area contributed by atoms with Crippen molar-refractivity contribution in [2.75, 3.05) is 19.0 Å². The second-order valence-corrected chi connectivity index (χ2v) is 6.28. The molecule has 0 saturated carbocycles. The SMILES string of the molecule is COc1ccc2nc(NC(=O)CCCCCNSN)sc2c1. The van der Waals surface area contributed by atoms with Gasteiger partial charge in [0.1, 0.15) is 5.75 Å². The first-order chi connectivity index (χ1) is 10.7. The molecule has 0 saturated heterocycles. The first kappa shape index (κ1) is 17.0. The van der Waals surface area contributed by atoms with E-state index in [1.165, 1.54) is 11.3 Å². The molecule has 2 rings (SSSR count). The molecule has 0 aliphatic heterocycles. The molecule has 0 fully saturated rings. The molecular weight excluding hydrogens is 320 g/mol.